The molecule has 0 bridgehead atoms. The molecule has 2 fully saturated rings. The van der Waals surface area contributed by atoms with Crippen LogP contribution in [-0.2, 0) is 9.53 Å². The molecule has 1 atom stereocenters. The van der Waals surface area contributed by atoms with E-state index in [1.165, 1.54) is 0 Å². The number of likely N-dealkylation sites (tertiary alicyclic amines) is 2. The van der Waals surface area contributed by atoms with Gasteiger partial charge in [0.05, 0.1) is 12.5 Å². The van der Waals surface area contributed by atoms with E-state index < -0.39 is 0 Å². The van der Waals surface area contributed by atoms with Crippen molar-refractivity contribution < 1.29 is 18.7 Å². The average molecular weight is 334 g/mol. The molecule has 0 aliphatic carbocycles. The van der Waals surface area contributed by atoms with Crippen LogP contribution in [0.3, 0.4) is 0 Å². The molecule has 2 amide bonds. The minimum atomic E-state index is -0.0921. The smallest absolute Gasteiger partial charge is 0.289 e. The van der Waals surface area contributed by atoms with Crippen LogP contribution >= 0.6 is 0 Å². The first-order valence-electron chi connectivity index (χ1n) is 8.64. The van der Waals surface area contributed by atoms with Gasteiger partial charge in [-0.05, 0) is 38.8 Å². The Bertz CT molecular complexity index is 616. The van der Waals surface area contributed by atoms with Crippen LogP contribution in [0.2, 0.25) is 0 Å². The van der Waals surface area contributed by atoms with Crippen LogP contribution in [-0.4, -0.2) is 61.5 Å². The first-order valence-corrected chi connectivity index (χ1v) is 8.64. The zero-order chi connectivity index (χ0) is 17.3. The molecule has 24 heavy (non-hydrogen) atoms. The molecule has 3 heterocycles. The molecule has 6 heteroatoms. The van der Waals surface area contributed by atoms with Gasteiger partial charge >= 0.3 is 0 Å². The standard InChI is InChI=1S/C18H26N2O4/c1-4-19-12-18(14(11-23-3)16(19)21)7-9-20(10-8-18)17(22)15-6-5-13(2)24-15/h5-6,14H,4,7-12H2,1-3H3/t14-/m1/s1. The van der Waals surface area contributed by atoms with Crippen LogP contribution in [0.5, 0.6) is 0 Å². The fraction of sp³-hybridized carbons (Fsp3) is 0.667. The van der Waals surface area contributed by atoms with Crippen molar-refractivity contribution in [3.05, 3.63) is 23.7 Å². The maximum absolute atomic E-state index is 12.6. The van der Waals surface area contributed by atoms with Gasteiger partial charge in [-0.1, -0.05) is 0 Å². The average Bonchev–Trinajstić information content (AvgIpc) is 3.12. The van der Waals surface area contributed by atoms with Gasteiger partial charge in [0.1, 0.15) is 5.76 Å². The van der Waals surface area contributed by atoms with Crippen LogP contribution in [0.15, 0.2) is 16.5 Å². The fourth-order valence-corrected chi connectivity index (χ4v) is 4.10. The Morgan fingerprint density at radius 3 is 2.62 bits per heavy atom. The number of carbonyl (C=O) groups excluding carboxylic acids is 2. The maximum Gasteiger partial charge on any atom is 0.289 e. The van der Waals surface area contributed by atoms with Crippen molar-refractivity contribution >= 4 is 11.8 Å². The first-order chi connectivity index (χ1) is 11.5. The van der Waals surface area contributed by atoms with Gasteiger partial charge in [0.25, 0.3) is 5.91 Å². The van der Waals surface area contributed by atoms with Gasteiger partial charge in [0.2, 0.25) is 5.91 Å². The third kappa shape index (κ3) is 2.83. The normalized spacial score (nSPS) is 23.3. The van der Waals surface area contributed by atoms with E-state index in [1.807, 2.05) is 29.7 Å². The van der Waals surface area contributed by atoms with E-state index in [0.717, 1.165) is 31.7 Å². The highest BCUT2D eigenvalue weighted by Gasteiger charge is 2.52. The molecule has 0 radical (unpaired) electrons. The van der Waals surface area contributed by atoms with Crippen LogP contribution in [0, 0.1) is 18.3 Å². The van der Waals surface area contributed by atoms with E-state index in [-0.39, 0.29) is 23.1 Å². The summed E-state index contributed by atoms with van der Waals surface area (Å²) >= 11 is 0. The van der Waals surface area contributed by atoms with Gasteiger partial charge < -0.3 is 19.0 Å². The Kier molecular flexibility index (Phi) is 4.67. The highest BCUT2D eigenvalue weighted by molar-refractivity contribution is 5.91. The van der Waals surface area contributed by atoms with Crippen molar-refractivity contribution in [1.82, 2.24) is 9.80 Å². The van der Waals surface area contributed by atoms with Gasteiger partial charge in [0, 0.05) is 38.7 Å². The number of methoxy groups -OCH3 is 1. The maximum atomic E-state index is 12.6. The molecule has 2 saturated heterocycles. The lowest BCUT2D eigenvalue weighted by Gasteiger charge is -2.41. The summed E-state index contributed by atoms with van der Waals surface area (Å²) in [6, 6.07) is 3.54. The minimum Gasteiger partial charge on any atom is -0.456 e. The van der Waals surface area contributed by atoms with E-state index in [2.05, 4.69) is 0 Å². The Balaban J connectivity index is 1.71. The van der Waals surface area contributed by atoms with Crippen LogP contribution in [0.4, 0.5) is 0 Å². The summed E-state index contributed by atoms with van der Waals surface area (Å²) < 4.78 is 10.8. The van der Waals surface area contributed by atoms with Crippen LogP contribution in [0.25, 0.3) is 0 Å². The Labute approximate surface area is 142 Å². The van der Waals surface area contributed by atoms with Crippen molar-refractivity contribution in [2.75, 3.05) is 39.9 Å². The van der Waals surface area contributed by atoms with E-state index in [1.54, 1.807) is 13.2 Å². The molecule has 0 unspecified atom stereocenters. The van der Waals surface area contributed by atoms with Gasteiger partial charge in [-0.2, -0.15) is 0 Å². The summed E-state index contributed by atoms with van der Waals surface area (Å²) in [6.07, 6.45) is 1.66. The van der Waals surface area contributed by atoms with Crippen molar-refractivity contribution in [3.63, 3.8) is 0 Å². The Hall–Kier alpha value is -1.82. The van der Waals surface area contributed by atoms with Crippen molar-refractivity contribution in [1.29, 1.82) is 0 Å². The Morgan fingerprint density at radius 1 is 1.38 bits per heavy atom. The van der Waals surface area contributed by atoms with Gasteiger partial charge in [-0.3, -0.25) is 9.59 Å². The number of amides is 2. The summed E-state index contributed by atoms with van der Waals surface area (Å²) in [7, 11) is 1.65. The number of piperidine rings is 1. The molecular weight excluding hydrogens is 308 g/mol. The molecular formula is C18H26N2O4. The Morgan fingerprint density at radius 2 is 2.08 bits per heavy atom. The highest BCUT2D eigenvalue weighted by Crippen LogP contribution is 2.45. The van der Waals surface area contributed by atoms with Crippen molar-refractivity contribution in [3.8, 4) is 0 Å². The van der Waals surface area contributed by atoms with E-state index in [9.17, 15) is 9.59 Å². The minimum absolute atomic E-state index is 0.0575. The van der Waals surface area contributed by atoms with Crippen LogP contribution < -0.4 is 0 Å². The summed E-state index contributed by atoms with van der Waals surface area (Å²) in [5.74, 6) is 1.19. The molecule has 2 aliphatic rings. The summed E-state index contributed by atoms with van der Waals surface area (Å²) in [5.41, 5.74) is -0.0705. The van der Waals surface area contributed by atoms with Crippen molar-refractivity contribution in [2.45, 2.75) is 26.7 Å². The molecule has 1 spiro atoms. The number of hydrogen-bond acceptors (Lipinski definition) is 4. The van der Waals surface area contributed by atoms with Crippen molar-refractivity contribution in [2.24, 2.45) is 11.3 Å². The van der Waals surface area contributed by atoms with Crippen LogP contribution in [0.1, 0.15) is 36.1 Å². The predicted octanol–water partition coefficient (Wildman–Crippen LogP) is 1.94. The fourth-order valence-electron chi connectivity index (χ4n) is 4.10. The SMILES string of the molecule is CCN1CC2(CCN(C(=O)c3ccc(C)o3)CC2)[C@H](COC)C1=O. The molecule has 1 aromatic heterocycles. The number of ether oxygens (including phenoxy) is 1. The number of carbonyl (C=O) groups is 2. The number of aryl methyl sites for hydroxylation is 1. The molecule has 0 N–H and O–H groups in total. The zero-order valence-corrected chi connectivity index (χ0v) is 14.7. The van der Waals surface area contributed by atoms with Gasteiger partial charge in [0.15, 0.2) is 5.76 Å². The lowest BCUT2D eigenvalue weighted by molar-refractivity contribution is -0.133. The molecule has 1 aromatic rings. The molecule has 6 nitrogen and oxygen atoms in total. The second-order valence-corrected chi connectivity index (χ2v) is 6.93. The topological polar surface area (TPSA) is 63.0 Å². The van der Waals surface area contributed by atoms with E-state index in [0.29, 0.717) is 25.5 Å². The molecule has 132 valence electrons. The largest absolute Gasteiger partial charge is 0.456 e. The zero-order valence-electron chi connectivity index (χ0n) is 14.7. The third-order valence-electron chi connectivity index (χ3n) is 5.57. The van der Waals surface area contributed by atoms with Gasteiger partial charge in [-0.25, -0.2) is 0 Å². The first kappa shape index (κ1) is 17.0. The monoisotopic (exact) mass is 334 g/mol. The second-order valence-electron chi connectivity index (χ2n) is 6.93. The lowest BCUT2D eigenvalue weighted by atomic mass is 9.71. The van der Waals surface area contributed by atoms with E-state index >= 15 is 0 Å². The number of furan rings is 1. The third-order valence-corrected chi connectivity index (χ3v) is 5.57. The molecule has 0 aromatic carbocycles. The molecule has 0 saturated carbocycles. The quantitative estimate of drug-likeness (QED) is 0.844. The molecule has 2 aliphatic heterocycles. The number of hydrogen-bond donors (Lipinski definition) is 0. The highest BCUT2D eigenvalue weighted by atomic mass is 16.5. The predicted molar refractivity (Wildman–Crippen MR) is 88.6 cm³/mol. The summed E-state index contributed by atoms with van der Waals surface area (Å²) in [6.45, 7) is 7.13. The molecule has 3 rings (SSSR count). The summed E-state index contributed by atoms with van der Waals surface area (Å²) in [4.78, 5) is 28.9. The van der Waals surface area contributed by atoms with E-state index in [4.69, 9.17) is 9.15 Å². The number of nitrogens with zero attached hydrogens (tertiary/aromatic N) is 2. The lowest BCUT2D eigenvalue weighted by Crippen LogP contribution is -2.47. The number of rotatable bonds is 4. The van der Waals surface area contributed by atoms with Gasteiger partial charge in [-0.15, -0.1) is 0 Å². The second kappa shape index (κ2) is 6.59. The summed E-state index contributed by atoms with van der Waals surface area (Å²) in [5, 5.41) is 0.